The maximum atomic E-state index is 5.41. The molecule has 2 aromatic carbocycles. The van der Waals surface area contributed by atoms with Crippen LogP contribution in [0.15, 0.2) is 73.4 Å². The molecule has 0 amide bonds. The number of pyridine rings is 1. The van der Waals surface area contributed by atoms with E-state index in [1.807, 2.05) is 54.6 Å². The molecular weight excluding hydrogens is 428 g/mol. The minimum Gasteiger partial charge on any atom is -0.378 e. The first-order valence-electron chi connectivity index (χ1n) is 11.2. The fourth-order valence-electron chi connectivity index (χ4n) is 4.09. The summed E-state index contributed by atoms with van der Waals surface area (Å²) >= 11 is 0. The van der Waals surface area contributed by atoms with Crippen LogP contribution in [0.25, 0.3) is 27.6 Å². The van der Waals surface area contributed by atoms with Crippen molar-refractivity contribution < 1.29 is 4.74 Å². The highest BCUT2D eigenvalue weighted by Crippen LogP contribution is 2.26. The van der Waals surface area contributed by atoms with E-state index < -0.39 is 0 Å². The molecule has 6 rings (SSSR count). The molecule has 0 spiro atoms. The molecule has 4 heterocycles. The molecule has 1 N–H and O–H groups in total. The van der Waals surface area contributed by atoms with Gasteiger partial charge in [0, 0.05) is 49.2 Å². The van der Waals surface area contributed by atoms with Gasteiger partial charge in [0.2, 0.25) is 5.95 Å². The summed E-state index contributed by atoms with van der Waals surface area (Å²) in [5.74, 6) is 1.52. The van der Waals surface area contributed by atoms with Crippen LogP contribution in [0.5, 0.6) is 0 Å². The third kappa shape index (κ3) is 4.08. The molecule has 34 heavy (non-hydrogen) atoms. The number of nitrogens with zero attached hydrogens (tertiary/aromatic N) is 7. The van der Waals surface area contributed by atoms with Crippen molar-refractivity contribution >= 4 is 28.2 Å². The highest BCUT2D eigenvalue weighted by molar-refractivity contribution is 5.88. The van der Waals surface area contributed by atoms with Crippen LogP contribution in [0.4, 0.5) is 17.5 Å². The Labute approximate surface area is 196 Å². The van der Waals surface area contributed by atoms with Gasteiger partial charge in [0.25, 0.3) is 0 Å². The minimum atomic E-state index is 0.711. The Bertz CT molecular complexity index is 1430. The Morgan fingerprint density at radius 3 is 2.53 bits per heavy atom. The minimum absolute atomic E-state index is 0.711. The number of hydrogen-bond donors (Lipinski definition) is 1. The fourth-order valence-corrected chi connectivity index (χ4v) is 4.09. The largest absolute Gasteiger partial charge is 0.378 e. The average molecular weight is 453 g/mol. The van der Waals surface area contributed by atoms with E-state index >= 15 is 0 Å². The van der Waals surface area contributed by atoms with Crippen molar-refractivity contribution in [3.05, 3.63) is 73.4 Å². The molecule has 1 aliphatic heterocycles. The van der Waals surface area contributed by atoms with E-state index in [2.05, 4.69) is 54.6 Å². The Hall–Kier alpha value is -4.24. The second-order valence-electron chi connectivity index (χ2n) is 8.29. The smallest absolute Gasteiger partial charge is 0.245 e. The fraction of sp³-hybridized carbons (Fsp3) is 0.200. The number of aryl methyl sites for hydroxylation is 1. The van der Waals surface area contributed by atoms with Gasteiger partial charge in [-0.3, -0.25) is 4.68 Å². The Morgan fingerprint density at radius 2 is 1.74 bits per heavy atom. The predicted molar refractivity (Wildman–Crippen MR) is 132 cm³/mol. The number of ether oxygens (including phenoxy) is 1. The number of aromatic nitrogens is 6. The van der Waals surface area contributed by atoms with Crippen molar-refractivity contribution in [1.82, 2.24) is 29.5 Å². The van der Waals surface area contributed by atoms with Crippen LogP contribution in [0.2, 0.25) is 0 Å². The maximum absolute atomic E-state index is 5.41. The molecule has 0 saturated carbocycles. The van der Waals surface area contributed by atoms with Crippen LogP contribution in [-0.4, -0.2) is 55.8 Å². The number of nitrogens with one attached hydrogen (secondary N) is 1. The summed E-state index contributed by atoms with van der Waals surface area (Å²) in [6, 6.07) is 16.5. The van der Waals surface area contributed by atoms with Gasteiger partial charge in [0.05, 0.1) is 25.1 Å². The summed E-state index contributed by atoms with van der Waals surface area (Å²) in [5, 5.41) is 14.5. The van der Waals surface area contributed by atoms with Crippen molar-refractivity contribution in [2.45, 2.75) is 0 Å². The first-order valence-corrected chi connectivity index (χ1v) is 11.2. The highest BCUT2D eigenvalue weighted by atomic mass is 16.5. The second kappa shape index (κ2) is 8.60. The third-order valence-electron chi connectivity index (χ3n) is 5.94. The van der Waals surface area contributed by atoms with Crippen LogP contribution >= 0.6 is 0 Å². The lowest BCUT2D eigenvalue weighted by molar-refractivity contribution is 0.122. The quantitative estimate of drug-likeness (QED) is 0.434. The molecule has 0 radical (unpaired) electrons. The van der Waals surface area contributed by atoms with E-state index in [4.69, 9.17) is 4.74 Å². The van der Waals surface area contributed by atoms with Gasteiger partial charge in [-0.25, -0.2) is 9.67 Å². The number of anilines is 3. The van der Waals surface area contributed by atoms with Gasteiger partial charge >= 0.3 is 0 Å². The van der Waals surface area contributed by atoms with Crippen LogP contribution < -0.4 is 10.2 Å². The van der Waals surface area contributed by atoms with Gasteiger partial charge in [-0.1, -0.05) is 12.1 Å². The lowest BCUT2D eigenvalue weighted by Crippen LogP contribution is -2.37. The van der Waals surface area contributed by atoms with Gasteiger partial charge in [-0.05, 0) is 47.3 Å². The molecule has 9 nitrogen and oxygen atoms in total. The normalized spacial score (nSPS) is 14.0. The zero-order valence-electron chi connectivity index (χ0n) is 18.8. The summed E-state index contributed by atoms with van der Waals surface area (Å²) in [6.45, 7) is 3.05. The summed E-state index contributed by atoms with van der Waals surface area (Å²) < 4.78 is 9.01. The van der Waals surface area contributed by atoms with Gasteiger partial charge in [0.1, 0.15) is 12.1 Å². The number of hydrogen-bond acceptors (Lipinski definition) is 7. The molecule has 5 aromatic rings. The van der Waals surface area contributed by atoms with E-state index in [1.165, 1.54) is 0 Å². The average Bonchev–Trinajstić information content (AvgIpc) is 3.54. The summed E-state index contributed by atoms with van der Waals surface area (Å²) in [7, 11) is 1.92. The standard InChI is InChI=1S/C25H24N8O/c1-31-16-21(15-28-31)18-2-3-19-14-26-24(13-20(19)12-18)29-22-4-6-23(7-5-22)33-17-27-25(30-33)32-8-10-34-11-9-32/h2-7,12-17H,8-11H2,1H3,(H,26,29). The van der Waals surface area contributed by atoms with Crippen LogP contribution in [0.1, 0.15) is 0 Å². The van der Waals surface area contributed by atoms with E-state index in [9.17, 15) is 0 Å². The van der Waals surface area contributed by atoms with Gasteiger partial charge in [-0.2, -0.15) is 10.1 Å². The lowest BCUT2D eigenvalue weighted by Gasteiger charge is -2.25. The molecule has 170 valence electrons. The molecule has 1 saturated heterocycles. The van der Waals surface area contributed by atoms with E-state index in [0.29, 0.717) is 13.2 Å². The number of fused-ring (bicyclic) bond motifs is 1. The number of morpholine rings is 1. The molecule has 1 aliphatic rings. The zero-order valence-corrected chi connectivity index (χ0v) is 18.8. The highest BCUT2D eigenvalue weighted by Gasteiger charge is 2.15. The van der Waals surface area contributed by atoms with Crippen molar-refractivity contribution in [3.8, 4) is 16.8 Å². The summed E-state index contributed by atoms with van der Waals surface area (Å²) in [4.78, 5) is 11.2. The van der Waals surface area contributed by atoms with E-state index in [0.717, 1.165) is 58.1 Å². The van der Waals surface area contributed by atoms with Crippen LogP contribution in [-0.2, 0) is 11.8 Å². The second-order valence-corrected chi connectivity index (χ2v) is 8.29. The molecule has 0 unspecified atom stereocenters. The topological polar surface area (TPSA) is 85.9 Å². The first-order chi connectivity index (χ1) is 16.7. The summed E-state index contributed by atoms with van der Waals surface area (Å²) in [5.41, 5.74) is 4.13. The third-order valence-corrected chi connectivity index (χ3v) is 5.94. The van der Waals surface area contributed by atoms with Gasteiger partial charge in [0.15, 0.2) is 0 Å². The van der Waals surface area contributed by atoms with Crippen LogP contribution in [0, 0.1) is 0 Å². The molecule has 9 heteroatoms. The maximum Gasteiger partial charge on any atom is 0.245 e. The molecule has 0 aliphatic carbocycles. The summed E-state index contributed by atoms with van der Waals surface area (Å²) in [6.07, 6.45) is 7.53. The SMILES string of the molecule is Cn1cc(-c2ccc3cnc(Nc4ccc(-n5cnc(N6CCOCC6)n5)cc4)cc3c2)cn1. The Balaban J connectivity index is 1.19. The van der Waals surface area contributed by atoms with E-state index in [-0.39, 0.29) is 0 Å². The van der Waals surface area contributed by atoms with Gasteiger partial charge < -0.3 is 15.0 Å². The Morgan fingerprint density at radius 1 is 0.882 bits per heavy atom. The van der Waals surface area contributed by atoms with Crippen molar-refractivity contribution in [2.24, 2.45) is 7.05 Å². The van der Waals surface area contributed by atoms with Crippen molar-refractivity contribution in [3.63, 3.8) is 0 Å². The molecular formula is C25H24N8O. The van der Waals surface area contributed by atoms with E-state index in [1.54, 1.807) is 11.0 Å². The van der Waals surface area contributed by atoms with Crippen LogP contribution in [0.3, 0.4) is 0 Å². The predicted octanol–water partition coefficient (Wildman–Crippen LogP) is 3.80. The van der Waals surface area contributed by atoms with Crippen molar-refractivity contribution in [2.75, 3.05) is 36.5 Å². The number of rotatable bonds is 5. The van der Waals surface area contributed by atoms with Gasteiger partial charge in [-0.15, -0.1) is 5.10 Å². The molecule has 0 bridgehead atoms. The lowest BCUT2D eigenvalue weighted by atomic mass is 10.1. The van der Waals surface area contributed by atoms with Crippen molar-refractivity contribution in [1.29, 1.82) is 0 Å². The monoisotopic (exact) mass is 452 g/mol. The molecule has 1 fully saturated rings. The molecule has 0 atom stereocenters. The first kappa shape index (κ1) is 20.4. The zero-order chi connectivity index (χ0) is 22.9. The molecule has 3 aromatic heterocycles. The number of benzene rings is 2. The Kier molecular flexibility index (Phi) is 5.15.